The van der Waals surface area contributed by atoms with Gasteiger partial charge in [0.25, 0.3) is 0 Å². The molecule has 1 aliphatic heterocycles. The Balaban J connectivity index is 0.000000207. The fourth-order valence-electron chi connectivity index (χ4n) is 4.46. The van der Waals surface area contributed by atoms with Crippen molar-refractivity contribution in [1.29, 1.82) is 0 Å². The number of nitrogens with one attached hydrogen (secondary N) is 1. The molecule has 1 unspecified atom stereocenters. The molecule has 0 spiro atoms. The van der Waals surface area contributed by atoms with E-state index >= 15 is 0 Å². The predicted molar refractivity (Wildman–Crippen MR) is 118 cm³/mol. The van der Waals surface area contributed by atoms with Gasteiger partial charge in [0.15, 0.2) is 0 Å². The highest BCUT2D eigenvalue weighted by atomic mass is 19.1. The molecule has 1 aromatic heterocycles. The van der Waals surface area contributed by atoms with Crippen LogP contribution >= 0.6 is 0 Å². The molecular formula is C25H27F3N2O2. The van der Waals surface area contributed by atoms with Crippen molar-refractivity contribution < 1.29 is 22.7 Å². The van der Waals surface area contributed by atoms with E-state index < -0.39 is 11.6 Å². The first-order chi connectivity index (χ1) is 15.4. The van der Waals surface area contributed by atoms with Gasteiger partial charge in [-0.3, -0.25) is 4.79 Å². The van der Waals surface area contributed by atoms with Crippen molar-refractivity contribution in [2.75, 3.05) is 13.2 Å². The zero-order chi connectivity index (χ0) is 22.7. The van der Waals surface area contributed by atoms with Crippen LogP contribution in [0.1, 0.15) is 50.0 Å². The molecule has 1 saturated heterocycles. The molecule has 2 aliphatic rings. The van der Waals surface area contributed by atoms with E-state index in [1.54, 1.807) is 12.1 Å². The molecule has 1 amide bonds. The lowest BCUT2D eigenvalue weighted by Crippen LogP contribution is -2.23. The van der Waals surface area contributed by atoms with Crippen molar-refractivity contribution in [2.24, 2.45) is 11.7 Å². The number of carbonyl (C=O) groups excluding carboxylic acids is 1. The van der Waals surface area contributed by atoms with Gasteiger partial charge in [-0.25, -0.2) is 13.2 Å². The summed E-state index contributed by atoms with van der Waals surface area (Å²) in [6, 6.07) is 8.35. The molecule has 1 aliphatic carbocycles. The Hall–Kier alpha value is -2.80. The third kappa shape index (κ3) is 4.99. The number of hydrogen-bond acceptors (Lipinski definition) is 2. The number of hydrogen-bond donors (Lipinski definition) is 2. The van der Waals surface area contributed by atoms with E-state index in [1.165, 1.54) is 18.2 Å². The minimum Gasteiger partial charge on any atom is -0.381 e. The van der Waals surface area contributed by atoms with Gasteiger partial charge in [-0.1, -0.05) is 6.42 Å². The van der Waals surface area contributed by atoms with Crippen LogP contribution in [0.5, 0.6) is 0 Å². The number of fused-ring (bicyclic) bond motifs is 1. The highest BCUT2D eigenvalue weighted by Gasteiger charge is 2.27. The van der Waals surface area contributed by atoms with Crippen molar-refractivity contribution in [3.8, 4) is 11.3 Å². The summed E-state index contributed by atoms with van der Waals surface area (Å²) in [5, 5.41) is 0.599. The summed E-state index contributed by atoms with van der Waals surface area (Å²) in [7, 11) is 0. The quantitative estimate of drug-likeness (QED) is 0.533. The molecular weight excluding hydrogens is 417 g/mol. The lowest BCUT2D eigenvalue weighted by Gasteiger charge is -2.26. The maximum atomic E-state index is 14.1. The van der Waals surface area contributed by atoms with E-state index in [2.05, 4.69) is 4.98 Å². The summed E-state index contributed by atoms with van der Waals surface area (Å²) < 4.78 is 46.0. The van der Waals surface area contributed by atoms with Gasteiger partial charge in [-0.2, -0.15) is 0 Å². The first-order valence-corrected chi connectivity index (χ1v) is 11.0. The number of carbonyl (C=O) groups is 1. The van der Waals surface area contributed by atoms with Crippen molar-refractivity contribution in [2.45, 2.75) is 44.4 Å². The van der Waals surface area contributed by atoms with Gasteiger partial charge in [0.1, 0.15) is 17.5 Å². The molecule has 4 nitrogen and oxygen atoms in total. The van der Waals surface area contributed by atoms with Gasteiger partial charge in [0.2, 0.25) is 5.91 Å². The number of benzene rings is 2. The number of ether oxygens (including phenoxy) is 1. The zero-order valence-corrected chi connectivity index (χ0v) is 17.8. The summed E-state index contributed by atoms with van der Waals surface area (Å²) in [5.74, 6) is -1.02. The van der Waals surface area contributed by atoms with E-state index in [0.717, 1.165) is 61.6 Å². The third-order valence-corrected chi connectivity index (χ3v) is 6.26. The fourth-order valence-corrected chi connectivity index (χ4v) is 4.46. The molecule has 1 saturated carbocycles. The van der Waals surface area contributed by atoms with Crippen LogP contribution in [0.25, 0.3) is 22.2 Å². The summed E-state index contributed by atoms with van der Waals surface area (Å²) in [5.41, 5.74) is 7.86. The number of primary amides is 1. The molecule has 32 heavy (non-hydrogen) atoms. The molecule has 0 radical (unpaired) electrons. The average Bonchev–Trinajstić information content (AvgIpc) is 3.08. The standard InChI is InChI=1S/C18H14F3N.C7H13NO2/c19-12-6-4-11(5-7-12)17-16(10-2-1-3-10)14-8-13(20)9-15(21)18(14)22-17;8-7(9)4-6-2-1-3-10-5-6/h4-10,22H,1-3H2;6H,1-5H2,(H2,8,9). The fraction of sp³-hybridized carbons (Fsp3) is 0.400. The minimum atomic E-state index is -0.594. The average molecular weight is 444 g/mol. The van der Waals surface area contributed by atoms with E-state index in [1.807, 2.05) is 0 Å². The number of halogens is 3. The van der Waals surface area contributed by atoms with E-state index in [4.69, 9.17) is 10.5 Å². The van der Waals surface area contributed by atoms with Gasteiger partial charge in [0, 0.05) is 31.1 Å². The molecule has 1 atom stereocenters. The Bertz CT molecular complexity index is 1080. The molecule has 2 aromatic carbocycles. The van der Waals surface area contributed by atoms with Gasteiger partial charge >= 0.3 is 0 Å². The lowest BCUT2D eigenvalue weighted by molar-refractivity contribution is -0.119. The van der Waals surface area contributed by atoms with Crippen molar-refractivity contribution in [1.82, 2.24) is 4.98 Å². The third-order valence-electron chi connectivity index (χ3n) is 6.26. The second-order valence-corrected chi connectivity index (χ2v) is 8.61. The van der Waals surface area contributed by atoms with Crippen LogP contribution < -0.4 is 5.73 Å². The van der Waals surface area contributed by atoms with Crippen LogP contribution in [0, 0.1) is 23.4 Å². The number of H-pyrrole nitrogens is 1. The monoisotopic (exact) mass is 444 g/mol. The SMILES string of the molecule is Fc1ccc(-c2[nH]c3c(F)cc(F)cc3c2C2CCC2)cc1.NC(=O)CC1CCCOC1. The zero-order valence-electron chi connectivity index (χ0n) is 17.8. The largest absolute Gasteiger partial charge is 0.381 e. The van der Waals surface area contributed by atoms with Gasteiger partial charge in [-0.15, -0.1) is 0 Å². The maximum Gasteiger partial charge on any atom is 0.217 e. The number of rotatable bonds is 4. The van der Waals surface area contributed by atoms with E-state index in [-0.39, 0.29) is 11.7 Å². The molecule has 5 rings (SSSR count). The summed E-state index contributed by atoms with van der Waals surface area (Å²) >= 11 is 0. The Morgan fingerprint density at radius 2 is 1.78 bits per heavy atom. The summed E-state index contributed by atoms with van der Waals surface area (Å²) in [4.78, 5) is 13.5. The Kier molecular flexibility index (Phi) is 6.84. The van der Waals surface area contributed by atoms with Gasteiger partial charge in [-0.05, 0) is 79.0 Å². The second kappa shape index (κ2) is 9.77. The van der Waals surface area contributed by atoms with Crippen LogP contribution in [0.3, 0.4) is 0 Å². The Morgan fingerprint density at radius 1 is 1.03 bits per heavy atom. The van der Waals surface area contributed by atoms with Crippen molar-refractivity contribution >= 4 is 16.8 Å². The summed E-state index contributed by atoms with van der Waals surface area (Å²) in [6.07, 6.45) is 5.79. The molecule has 170 valence electrons. The lowest BCUT2D eigenvalue weighted by atomic mass is 9.78. The molecule has 0 bridgehead atoms. The van der Waals surface area contributed by atoms with Crippen LogP contribution in [0.15, 0.2) is 36.4 Å². The van der Waals surface area contributed by atoms with Crippen LogP contribution in [0.4, 0.5) is 13.2 Å². The van der Waals surface area contributed by atoms with Gasteiger partial charge < -0.3 is 15.5 Å². The number of nitrogens with two attached hydrogens (primary N) is 1. The number of aromatic amines is 1. The number of amides is 1. The van der Waals surface area contributed by atoms with Crippen LogP contribution in [-0.2, 0) is 9.53 Å². The van der Waals surface area contributed by atoms with Crippen LogP contribution in [0.2, 0.25) is 0 Å². The molecule has 2 heterocycles. The predicted octanol–water partition coefficient (Wildman–Crippen LogP) is 5.81. The molecule has 2 fully saturated rings. The Labute approximate surface area is 184 Å². The second-order valence-electron chi connectivity index (χ2n) is 8.61. The number of aromatic nitrogens is 1. The molecule has 3 N–H and O–H groups in total. The van der Waals surface area contributed by atoms with Gasteiger partial charge in [0.05, 0.1) is 11.2 Å². The highest BCUT2D eigenvalue weighted by molar-refractivity contribution is 5.92. The van der Waals surface area contributed by atoms with E-state index in [9.17, 15) is 18.0 Å². The highest BCUT2D eigenvalue weighted by Crippen LogP contribution is 2.45. The first kappa shape index (κ1) is 22.4. The van der Waals surface area contributed by atoms with Crippen molar-refractivity contribution in [3.63, 3.8) is 0 Å². The van der Waals surface area contributed by atoms with E-state index in [0.29, 0.717) is 35.8 Å². The summed E-state index contributed by atoms with van der Waals surface area (Å²) in [6.45, 7) is 1.55. The topological polar surface area (TPSA) is 68.1 Å². The van der Waals surface area contributed by atoms with Crippen LogP contribution in [-0.4, -0.2) is 24.1 Å². The maximum absolute atomic E-state index is 14.1. The normalized spacial score (nSPS) is 18.7. The first-order valence-electron chi connectivity index (χ1n) is 11.0. The minimum absolute atomic E-state index is 0.212. The molecule has 7 heteroatoms. The molecule has 3 aromatic rings. The Morgan fingerprint density at radius 3 is 2.38 bits per heavy atom. The smallest absolute Gasteiger partial charge is 0.217 e. The van der Waals surface area contributed by atoms with Crippen molar-refractivity contribution in [3.05, 3.63) is 59.4 Å².